The predicted molar refractivity (Wildman–Crippen MR) is 97.4 cm³/mol. The Morgan fingerprint density at radius 2 is 1.57 bits per heavy atom. The molecule has 4 heteroatoms. The number of rotatable bonds is 13. The van der Waals surface area contributed by atoms with E-state index in [1.165, 1.54) is 32.6 Å². The molecule has 1 N–H and O–H groups in total. The molecule has 0 unspecified atom stereocenters. The third-order valence-electron chi connectivity index (χ3n) is 4.57. The molecule has 0 saturated heterocycles. The number of unbranched alkanes of at least 4 members (excludes halogenated alkanes) is 5. The van der Waals surface area contributed by atoms with Crippen molar-refractivity contribution in [3.63, 3.8) is 0 Å². The van der Waals surface area contributed by atoms with Crippen LogP contribution in [0.5, 0.6) is 0 Å². The molecule has 0 aromatic rings. The third-order valence-corrected chi connectivity index (χ3v) is 4.57. The van der Waals surface area contributed by atoms with Crippen LogP contribution in [0, 0.1) is 0 Å². The van der Waals surface area contributed by atoms with Crippen LogP contribution in [0.4, 0.5) is 0 Å². The van der Waals surface area contributed by atoms with Crippen LogP contribution >= 0.6 is 0 Å². The van der Waals surface area contributed by atoms with Crippen LogP contribution in [0.15, 0.2) is 0 Å². The number of carbonyl (C=O) groups excluding carboxylic acids is 2. The summed E-state index contributed by atoms with van der Waals surface area (Å²) in [6, 6.07) is 0. The van der Waals surface area contributed by atoms with Gasteiger partial charge in [-0.3, -0.25) is 9.59 Å². The van der Waals surface area contributed by atoms with Gasteiger partial charge in [0.15, 0.2) is 0 Å². The number of nitrogens with one attached hydrogen (secondary N) is 1. The second-order valence-corrected chi connectivity index (χ2v) is 7.07. The first kappa shape index (κ1) is 21.9. The summed E-state index contributed by atoms with van der Waals surface area (Å²) in [6.07, 6.45) is 9.61. The van der Waals surface area contributed by atoms with Gasteiger partial charge in [-0.25, -0.2) is 0 Å². The minimum atomic E-state index is -0.116. The van der Waals surface area contributed by atoms with Gasteiger partial charge in [-0.15, -0.1) is 0 Å². The zero-order valence-corrected chi connectivity index (χ0v) is 16.0. The summed E-state index contributed by atoms with van der Waals surface area (Å²) >= 11 is 0. The first-order valence-corrected chi connectivity index (χ1v) is 9.40. The van der Waals surface area contributed by atoms with Gasteiger partial charge in [0, 0.05) is 32.0 Å². The molecule has 0 rings (SSSR count). The Balaban J connectivity index is 4.27. The largest absolute Gasteiger partial charge is 0.356 e. The van der Waals surface area contributed by atoms with E-state index in [0.717, 1.165) is 32.2 Å². The lowest BCUT2D eigenvalue weighted by atomic mass is 9.97. The molecular formula is C19H38N2O2. The van der Waals surface area contributed by atoms with Crippen molar-refractivity contribution in [3.05, 3.63) is 0 Å². The van der Waals surface area contributed by atoms with E-state index >= 15 is 0 Å². The van der Waals surface area contributed by atoms with E-state index in [0.29, 0.717) is 13.0 Å². The minimum Gasteiger partial charge on any atom is -0.356 e. The molecule has 23 heavy (non-hydrogen) atoms. The van der Waals surface area contributed by atoms with Crippen molar-refractivity contribution in [3.8, 4) is 0 Å². The van der Waals surface area contributed by atoms with Crippen LogP contribution in [0.2, 0.25) is 0 Å². The Kier molecular flexibility index (Phi) is 11.8. The van der Waals surface area contributed by atoms with E-state index in [1.807, 2.05) is 4.90 Å². The van der Waals surface area contributed by atoms with Gasteiger partial charge in [0.25, 0.3) is 0 Å². The molecule has 0 spiro atoms. The maximum absolute atomic E-state index is 12.6. The molecule has 0 aromatic carbocycles. The van der Waals surface area contributed by atoms with Crippen LogP contribution in [-0.2, 0) is 9.59 Å². The lowest BCUT2D eigenvalue weighted by Gasteiger charge is -2.38. The number of carbonyl (C=O) groups is 2. The van der Waals surface area contributed by atoms with Gasteiger partial charge in [0.05, 0.1) is 0 Å². The SMILES string of the molecule is CCCCCCCCC(=O)N(CCCNC(C)=O)C(C)(C)CC. The van der Waals surface area contributed by atoms with E-state index in [2.05, 4.69) is 33.0 Å². The fourth-order valence-corrected chi connectivity index (χ4v) is 2.65. The van der Waals surface area contributed by atoms with Gasteiger partial charge in [-0.2, -0.15) is 0 Å². The molecule has 2 amide bonds. The second kappa shape index (κ2) is 12.4. The summed E-state index contributed by atoms with van der Waals surface area (Å²) < 4.78 is 0. The second-order valence-electron chi connectivity index (χ2n) is 7.07. The molecule has 0 aromatic heterocycles. The Bertz CT molecular complexity index is 340. The smallest absolute Gasteiger partial charge is 0.223 e. The van der Waals surface area contributed by atoms with Crippen molar-refractivity contribution in [2.75, 3.05) is 13.1 Å². The van der Waals surface area contributed by atoms with Gasteiger partial charge in [0.1, 0.15) is 0 Å². The summed E-state index contributed by atoms with van der Waals surface area (Å²) in [5.74, 6) is 0.250. The number of amides is 2. The van der Waals surface area contributed by atoms with Gasteiger partial charge >= 0.3 is 0 Å². The van der Waals surface area contributed by atoms with Crippen LogP contribution in [0.1, 0.15) is 92.4 Å². The van der Waals surface area contributed by atoms with Crippen molar-refractivity contribution < 1.29 is 9.59 Å². The molecule has 0 bridgehead atoms. The first-order valence-electron chi connectivity index (χ1n) is 9.40. The Labute approximate surface area is 143 Å². The molecule has 136 valence electrons. The summed E-state index contributed by atoms with van der Waals surface area (Å²) in [5.41, 5.74) is -0.116. The molecule has 0 aliphatic heterocycles. The van der Waals surface area contributed by atoms with Crippen LogP contribution in [0.3, 0.4) is 0 Å². The molecule has 0 fully saturated rings. The Hall–Kier alpha value is -1.06. The molecule has 0 aliphatic rings. The zero-order chi connectivity index (χ0) is 17.7. The lowest BCUT2D eigenvalue weighted by Crippen LogP contribution is -2.48. The zero-order valence-electron chi connectivity index (χ0n) is 16.0. The summed E-state index contributed by atoms with van der Waals surface area (Å²) in [7, 11) is 0. The molecule has 0 aliphatic carbocycles. The standard InChI is InChI=1S/C19H38N2O2/c1-6-8-9-10-11-12-14-18(23)21(19(4,5)7-2)16-13-15-20-17(3)22/h6-16H2,1-5H3,(H,20,22). The van der Waals surface area contributed by atoms with Gasteiger partial charge < -0.3 is 10.2 Å². The lowest BCUT2D eigenvalue weighted by molar-refractivity contribution is -0.136. The maximum Gasteiger partial charge on any atom is 0.223 e. The maximum atomic E-state index is 12.6. The van der Waals surface area contributed by atoms with E-state index in [-0.39, 0.29) is 17.4 Å². The Morgan fingerprint density at radius 1 is 0.957 bits per heavy atom. The van der Waals surface area contributed by atoms with Crippen molar-refractivity contribution in [1.82, 2.24) is 10.2 Å². The predicted octanol–water partition coefficient (Wildman–Crippen LogP) is 4.28. The van der Waals surface area contributed by atoms with Gasteiger partial charge in [0.2, 0.25) is 11.8 Å². The summed E-state index contributed by atoms with van der Waals surface area (Å²) in [6.45, 7) is 11.5. The van der Waals surface area contributed by atoms with Crippen molar-refractivity contribution >= 4 is 11.8 Å². The number of hydrogen-bond acceptors (Lipinski definition) is 2. The molecular weight excluding hydrogens is 288 g/mol. The molecule has 0 atom stereocenters. The van der Waals surface area contributed by atoms with E-state index in [9.17, 15) is 9.59 Å². The number of hydrogen-bond donors (Lipinski definition) is 1. The van der Waals surface area contributed by atoms with Crippen molar-refractivity contribution in [2.45, 2.75) is 97.9 Å². The van der Waals surface area contributed by atoms with Crippen molar-refractivity contribution in [1.29, 1.82) is 0 Å². The van der Waals surface area contributed by atoms with Crippen LogP contribution in [-0.4, -0.2) is 35.3 Å². The average Bonchev–Trinajstić information content (AvgIpc) is 2.49. The van der Waals surface area contributed by atoms with Crippen molar-refractivity contribution in [2.24, 2.45) is 0 Å². The molecule has 0 saturated carbocycles. The van der Waals surface area contributed by atoms with Crippen LogP contribution in [0.25, 0.3) is 0 Å². The van der Waals surface area contributed by atoms with Crippen LogP contribution < -0.4 is 5.32 Å². The normalized spacial score (nSPS) is 11.3. The fraction of sp³-hybridized carbons (Fsp3) is 0.895. The third kappa shape index (κ3) is 10.4. The molecule has 0 radical (unpaired) electrons. The highest BCUT2D eigenvalue weighted by molar-refractivity contribution is 5.77. The van der Waals surface area contributed by atoms with E-state index < -0.39 is 0 Å². The highest BCUT2D eigenvalue weighted by Crippen LogP contribution is 2.21. The molecule has 4 nitrogen and oxygen atoms in total. The number of nitrogens with zero attached hydrogens (tertiary/aromatic N) is 1. The first-order chi connectivity index (χ1) is 10.8. The highest BCUT2D eigenvalue weighted by atomic mass is 16.2. The Morgan fingerprint density at radius 3 is 2.13 bits per heavy atom. The van der Waals surface area contributed by atoms with E-state index in [1.54, 1.807) is 0 Å². The quantitative estimate of drug-likeness (QED) is 0.514. The van der Waals surface area contributed by atoms with E-state index in [4.69, 9.17) is 0 Å². The summed E-state index contributed by atoms with van der Waals surface area (Å²) in [5, 5.41) is 2.80. The van der Waals surface area contributed by atoms with Gasteiger partial charge in [-0.1, -0.05) is 46.0 Å². The minimum absolute atomic E-state index is 0.00953. The summed E-state index contributed by atoms with van der Waals surface area (Å²) in [4.78, 5) is 25.6. The topological polar surface area (TPSA) is 49.4 Å². The fourth-order valence-electron chi connectivity index (χ4n) is 2.65. The molecule has 0 heterocycles. The monoisotopic (exact) mass is 326 g/mol. The average molecular weight is 327 g/mol. The van der Waals surface area contributed by atoms with Gasteiger partial charge in [-0.05, 0) is 33.1 Å². The highest BCUT2D eigenvalue weighted by Gasteiger charge is 2.28.